The Morgan fingerprint density at radius 1 is 1.25 bits per heavy atom. The fourth-order valence-electron chi connectivity index (χ4n) is 4.13. The lowest BCUT2D eigenvalue weighted by Gasteiger charge is -2.35. The summed E-state index contributed by atoms with van der Waals surface area (Å²) in [5, 5.41) is 6.29. The summed E-state index contributed by atoms with van der Waals surface area (Å²) < 4.78 is 44.8. The maximum absolute atomic E-state index is 13.0. The highest BCUT2D eigenvalue weighted by atomic mass is 127. The predicted octanol–water partition coefficient (Wildman–Crippen LogP) is 4.11. The van der Waals surface area contributed by atoms with Crippen LogP contribution >= 0.6 is 24.0 Å². The second-order valence-electron chi connectivity index (χ2n) is 8.06. The number of ether oxygens (including phenoxy) is 1. The third-order valence-electron chi connectivity index (χ3n) is 5.77. The first kappa shape index (κ1) is 26.7. The average Bonchev–Trinajstić information content (AvgIpc) is 2.77. The van der Waals surface area contributed by atoms with Gasteiger partial charge in [0.2, 0.25) is 5.91 Å². The van der Waals surface area contributed by atoms with Gasteiger partial charge in [0.15, 0.2) is 5.96 Å². The smallest absolute Gasteiger partial charge is 0.370 e. The zero-order valence-electron chi connectivity index (χ0n) is 18.3. The van der Waals surface area contributed by atoms with E-state index < -0.39 is 17.8 Å². The van der Waals surface area contributed by atoms with Gasteiger partial charge in [-0.1, -0.05) is 31.4 Å². The van der Waals surface area contributed by atoms with Crippen molar-refractivity contribution in [2.45, 2.75) is 56.8 Å². The maximum atomic E-state index is 13.0. The van der Waals surface area contributed by atoms with Crippen LogP contribution in [0.4, 0.5) is 13.2 Å². The zero-order valence-corrected chi connectivity index (χ0v) is 20.6. The van der Waals surface area contributed by atoms with Gasteiger partial charge < -0.3 is 20.3 Å². The number of aliphatic imine (C=N–C) groups is 1. The fraction of sp³-hybridized carbons (Fsp3) is 0.636. The van der Waals surface area contributed by atoms with Gasteiger partial charge in [0.05, 0.1) is 18.7 Å². The van der Waals surface area contributed by atoms with Crippen LogP contribution in [0.1, 0.15) is 55.8 Å². The Morgan fingerprint density at radius 2 is 2.00 bits per heavy atom. The maximum Gasteiger partial charge on any atom is 0.416 e. The quantitative estimate of drug-likeness (QED) is 0.319. The van der Waals surface area contributed by atoms with E-state index in [1.54, 1.807) is 13.1 Å². The number of carbonyl (C=O) groups excluding carboxylic acids is 1. The van der Waals surface area contributed by atoms with Crippen molar-refractivity contribution in [3.05, 3.63) is 35.4 Å². The number of rotatable bonds is 5. The molecular weight excluding hydrogens is 536 g/mol. The summed E-state index contributed by atoms with van der Waals surface area (Å²) in [6.07, 6.45) is 1.14. The third-order valence-corrected chi connectivity index (χ3v) is 5.77. The first-order chi connectivity index (χ1) is 14.9. The number of guanidine groups is 1. The molecule has 0 aromatic heterocycles. The highest BCUT2D eigenvalue weighted by molar-refractivity contribution is 14.0. The highest BCUT2D eigenvalue weighted by Gasteiger charge is 2.32. The summed E-state index contributed by atoms with van der Waals surface area (Å²) in [6, 6.07) is 5.53. The minimum Gasteiger partial charge on any atom is -0.370 e. The van der Waals surface area contributed by atoms with Crippen LogP contribution in [0.25, 0.3) is 0 Å². The lowest BCUT2D eigenvalue weighted by Crippen LogP contribution is -2.49. The van der Waals surface area contributed by atoms with Gasteiger partial charge in [0, 0.05) is 32.6 Å². The summed E-state index contributed by atoms with van der Waals surface area (Å²) in [5.41, 5.74) is -0.195. The summed E-state index contributed by atoms with van der Waals surface area (Å²) in [6.45, 7) is 1.78. The van der Waals surface area contributed by atoms with Gasteiger partial charge in [-0.2, -0.15) is 13.2 Å². The molecule has 1 atom stereocenters. The number of amides is 1. The second kappa shape index (κ2) is 12.6. The van der Waals surface area contributed by atoms with Gasteiger partial charge >= 0.3 is 6.18 Å². The van der Waals surface area contributed by atoms with Crippen LogP contribution in [0, 0.1) is 0 Å². The lowest BCUT2D eigenvalue weighted by atomic mass is 9.95. The van der Waals surface area contributed by atoms with Crippen molar-refractivity contribution in [3.63, 3.8) is 0 Å². The van der Waals surface area contributed by atoms with Gasteiger partial charge in [0.1, 0.15) is 6.10 Å². The molecule has 0 spiro atoms. The van der Waals surface area contributed by atoms with E-state index in [4.69, 9.17) is 4.74 Å². The summed E-state index contributed by atoms with van der Waals surface area (Å²) in [4.78, 5) is 18.4. The Labute approximate surface area is 204 Å². The van der Waals surface area contributed by atoms with Crippen LogP contribution in [0.3, 0.4) is 0 Å². The normalized spacial score (nSPS) is 20.4. The summed E-state index contributed by atoms with van der Waals surface area (Å²) in [5.74, 6) is 0.643. The van der Waals surface area contributed by atoms with Crippen molar-refractivity contribution in [1.82, 2.24) is 15.5 Å². The van der Waals surface area contributed by atoms with E-state index in [1.807, 2.05) is 4.90 Å². The molecule has 1 saturated carbocycles. The van der Waals surface area contributed by atoms with Crippen molar-refractivity contribution in [1.29, 1.82) is 0 Å². The van der Waals surface area contributed by atoms with Gasteiger partial charge in [-0.05, 0) is 30.5 Å². The molecule has 1 aromatic carbocycles. The number of nitrogens with one attached hydrogen (secondary N) is 2. The van der Waals surface area contributed by atoms with Gasteiger partial charge in [-0.25, -0.2) is 0 Å². The van der Waals surface area contributed by atoms with Crippen LogP contribution in [0.15, 0.2) is 29.3 Å². The Kier molecular flexibility index (Phi) is 10.5. The van der Waals surface area contributed by atoms with Crippen molar-refractivity contribution in [2.75, 3.05) is 33.3 Å². The Hall–Kier alpha value is -1.56. The van der Waals surface area contributed by atoms with Gasteiger partial charge in [0.25, 0.3) is 0 Å². The van der Waals surface area contributed by atoms with Crippen LogP contribution in [-0.2, 0) is 15.7 Å². The monoisotopic (exact) mass is 568 g/mol. The van der Waals surface area contributed by atoms with Crippen molar-refractivity contribution >= 4 is 35.8 Å². The Bertz CT molecular complexity index is 770. The van der Waals surface area contributed by atoms with E-state index in [-0.39, 0.29) is 35.9 Å². The van der Waals surface area contributed by atoms with Gasteiger partial charge in [-0.15, -0.1) is 24.0 Å². The first-order valence-corrected chi connectivity index (χ1v) is 10.9. The molecule has 1 aromatic rings. The minimum atomic E-state index is -4.39. The van der Waals surface area contributed by atoms with E-state index in [1.165, 1.54) is 25.3 Å². The van der Waals surface area contributed by atoms with E-state index in [2.05, 4.69) is 15.6 Å². The molecule has 32 heavy (non-hydrogen) atoms. The Morgan fingerprint density at radius 3 is 2.69 bits per heavy atom. The van der Waals surface area contributed by atoms with E-state index in [0.29, 0.717) is 44.2 Å². The number of alkyl halides is 3. The molecule has 1 saturated heterocycles. The number of carbonyl (C=O) groups is 1. The Balaban J connectivity index is 0.00000363. The molecule has 0 radical (unpaired) electrons. The van der Waals surface area contributed by atoms with E-state index in [0.717, 1.165) is 25.0 Å². The average molecular weight is 568 g/mol. The number of hydrogen-bond donors (Lipinski definition) is 2. The molecule has 3 rings (SSSR count). The van der Waals surface area contributed by atoms with Crippen molar-refractivity contribution in [3.8, 4) is 0 Å². The summed E-state index contributed by atoms with van der Waals surface area (Å²) >= 11 is 0. The van der Waals surface area contributed by atoms with Crippen molar-refractivity contribution < 1.29 is 22.7 Å². The fourth-order valence-corrected chi connectivity index (χ4v) is 4.13. The molecule has 1 aliphatic heterocycles. The van der Waals surface area contributed by atoms with E-state index >= 15 is 0 Å². The highest BCUT2D eigenvalue weighted by Crippen LogP contribution is 2.32. The molecule has 2 N–H and O–H groups in total. The topological polar surface area (TPSA) is 66.0 Å². The SMILES string of the molecule is CN=C(NCCC(=O)NC1CCCCC1)N1CCOC(c2cccc(C(F)(F)F)c2)C1.I. The number of benzene rings is 1. The second-order valence-corrected chi connectivity index (χ2v) is 8.06. The zero-order chi connectivity index (χ0) is 22.3. The number of halogens is 4. The molecule has 1 aliphatic carbocycles. The molecular formula is C22H32F3IN4O2. The molecule has 180 valence electrons. The molecule has 1 heterocycles. The molecule has 0 bridgehead atoms. The largest absolute Gasteiger partial charge is 0.416 e. The van der Waals surface area contributed by atoms with Crippen LogP contribution < -0.4 is 10.6 Å². The number of nitrogens with zero attached hydrogens (tertiary/aromatic N) is 2. The van der Waals surface area contributed by atoms with Crippen LogP contribution in [0.5, 0.6) is 0 Å². The third kappa shape index (κ3) is 7.79. The predicted molar refractivity (Wildman–Crippen MR) is 128 cm³/mol. The van der Waals surface area contributed by atoms with Crippen LogP contribution in [0.2, 0.25) is 0 Å². The van der Waals surface area contributed by atoms with Crippen LogP contribution in [-0.4, -0.2) is 56.1 Å². The minimum absolute atomic E-state index is 0. The summed E-state index contributed by atoms with van der Waals surface area (Å²) in [7, 11) is 1.65. The number of hydrogen-bond acceptors (Lipinski definition) is 3. The lowest BCUT2D eigenvalue weighted by molar-refractivity contribution is -0.137. The van der Waals surface area contributed by atoms with E-state index in [9.17, 15) is 18.0 Å². The number of morpholine rings is 1. The molecule has 1 amide bonds. The standard InChI is InChI=1S/C22H31F3N4O2.HI/c1-26-21(27-11-10-20(30)28-18-8-3-2-4-9-18)29-12-13-31-19(15-29)16-6-5-7-17(14-16)22(23,24)25;/h5-7,14,18-19H,2-4,8-13,15H2,1H3,(H,26,27)(H,28,30);1H. The first-order valence-electron chi connectivity index (χ1n) is 10.9. The molecule has 2 aliphatic rings. The van der Waals surface area contributed by atoms with Gasteiger partial charge in [-0.3, -0.25) is 9.79 Å². The molecule has 1 unspecified atom stereocenters. The molecule has 2 fully saturated rings. The molecule has 10 heteroatoms. The van der Waals surface area contributed by atoms with Crippen molar-refractivity contribution in [2.24, 2.45) is 4.99 Å². The molecule has 6 nitrogen and oxygen atoms in total.